The summed E-state index contributed by atoms with van der Waals surface area (Å²) in [6.45, 7) is 4.45. The number of carbonyl (C=O) groups is 1. The third-order valence-corrected chi connectivity index (χ3v) is 7.73. The minimum absolute atomic E-state index is 0.167. The smallest absolute Gasteiger partial charge is 0.261 e. The number of aromatic nitrogens is 7. The molecular formula is C32H35N11O2. The Hall–Kier alpha value is -5.43. The van der Waals surface area contributed by atoms with Crippen LogP contribution in [-0.2, 0) is 13.0 Å². The third-order valence-electron chi connectivity index (χ3n) is 7.73. The number of nitrogens with one attached hydrogen (secondary N) is 1. The zero-order valence-corrected chi connectivity index (χ0v) is 25.1. The Balaban J connectivity index is 1.05. The Kier molecular flexibility index (Phi) is 8.87. The summed E-state index contributed by atoms with van der Waals surface area (Å²) >= 11 is 0. The maximum Gasteiger partial charge on any atom is 0.261 e. The average Bonchev–Trinajstić information content (AvgIpc) is 3.43. The van der Waals surface area contributed by atoms with Gasteiger partial charge in [0.15, 0.2) is 11.6 Å². The first-order valence-electron chi connectivity index (χ1n) is 14.9. The second-order valence-electron chi connectivity index (χ2n) is 11.0. The number of carbonyl (C=O) groups excluding carboxylic acids is 1. The van der Waals surface area contributed by atoms with Crippen molar-refractivity contribution in [2.24, 2.45) is 0 Å². The van der Waals surface area contributed by atoms with Gasteiger partial charge in [-0.25, -0.2) is 9.97 Å². The standard InChI is InChI=1S/C32H35N11O2/c1-40-17-19-41(20-18-40)25-11-9-24(10-12-25)36-32-38-31(33)43(39-32)29-13-15-35-28(37-29)8-2-7-27(44)26-6-4-16-42(30(26)45)22-23-5-3-14-34-21-23/h3-6,9-16,21H,2,7-8,17-20,22H2,1H3,(H3,33,36,38,39). The van der Waals surface area contributed by atoms with Crippen LogP contribution in [0.5, 0.6) is 0 Å². The Morgan fingerprint density at radius 3 is 2.58 bits per heavy atom. The van der Waals surface area contributed by atoms with E-state index in [2.05, 4.69) is 59.3 Å². The monoisotopic (exact) mass is 605 g/mol. The van der Waals surface area contributed by atoms with Crippen LogP contribution in [0.1, 0.15) is 34.6 Å². The molecule has 1 aliphatic heterocycles. The number of nitrogen functional groups attached to an aromatic ring is 1. The fraction of sp³-hybridized carbons (Fsp3) is 0.281. The molecule has 3 N–H and O–H groups in total. The van der Waals surface area contributed by atoms with E-state index in [1.807, 2.05) is 24.3 Å². The molecule has 1 saturated heterocycles. The Bertz CT molecular complexity index is 1810. The lowest BCUT2D eigenvalue weighted by Crippen LogP contribution is -2.44. The quantitative estimate of drug-likeness (QED) is 0.214. The van der Waals surface area contributed by atoms with E-state index in [0.717, 1.165) is 37.4 Å². The maximum atomic E-state index is 13.0. The maximum absolute atomic E-state index is 13.0. The first-order chi connectivity index (χ1) is 21.9. The lowest BCUT2D eigenvalue weighted by atomic mass is 10.1. The summed E-state index contributed by atoms with van der Waals surface area (Å²) in [6, 6.07) is 16.9. The Labute approximate surface area is 260 Å². The van der Waals surface area contributed by atoms with Crippen LogP contribution in [0.4, 0.5) is 23.3 Å². The molecular weight excluding hydrogens is 570 g/mol. The molecule has 45 heavy (non-hydrogen) atoms. The number of hydrogen-bond donors (Lipinski definition) is 2. The van der Waals surface area contributed by atoms with E-state index in [1.54, 1.807) is 43.0 Å². The Morgan fingerprint density at radius 1 is 0.978 bits per heavy atom. The number of nitrogens with two attached hydrogens (primary N) is 1. The van der Waals surface area contributed by atoms with E-state index in [1.165, 1.54) is 14.9 Å². The van der Waals surface area contributed by atoms with Gasteiger partial charge in [-0.15, -0.1) is 5.10 Å². The summed E-state index contributed by atoms with van der Waals surface area (Å²) < 4.78 is 2.97. The van der Waals surface area contributed by atoms with Gasteiger partial charge < -0.3 is 25.4 Å². The number of benzene rings is 1. The highest BCUT2D eigenvalue weighted by Gasteiger charge is 2.16. The van der Waals surface area contributed by atoms with E-state index in [4.69, 9.17) is 5.73 Å². The summed E-state index contributed by atoms with van der Waals surface area (Å²) in [7, 11) is 2.14. The second-order valence-corrected chi connectivity index (χ2v) is 11.0. The molecule has 0 bridgehead atoms. The highest BCUT2D eigenvalue weighted by atomic mass is 16.1. The zero-order chi connectivity index (χ0) is 31.2. The topological polar surface area (TPSA) is 153 Å². The molecule has 0 saturated carbocycles. The Morgan fingerprint density at radius 2 is 1.80 bits per heavy atom. The normalized spacial score (nSPS) is 13.6. The van der Waals surface area contributed by atoms with E-state index in [0.29, 0.717) is 37.0 Å². The van der Waals surface area contributed by atoms with Crippen molar-refractivity contribution in [2.75, 3.05) is 49.2 Å². The first-order valence-corrected chi connectivity index (χ1v) is 14.9. The van der Waals surface area contributed by atoms with Crippen LogP contribution in [0, 0.1) is 0 Å². The second kappa shape index (κ2) is 13.5. The minimum Gasteiger partial charge on any atom is -0.369 e. The average molecular weight is 606 g/mol. The van der Waals surface area contributed by atoms with Gasteiger partial charge in [0.25, 0.3) is 5.56 Å². The lowest BCUT2D eigenvalue weighted by molar-refractivity contribution is 0.0978. The molecule has 0 atom stereocenters. The van der Waals surface area contributed by atoms with Crippen molar-refractivity contribution in [3.05, 3.63) is 107 Å². The van der Waals surface area contributed by atoms with E-state index >= 15 is 0 Å². The van der Waals surface area contributed by atoms with Crippen LogP contribution in [0.3, 0.4) is 0 Å². The zero-order valence-electron chi connectivity index (χ0n) is 25.1. The van der Waals surface area contributed by atoms with E-state index in [9.17, 15) is 9.59 Å². The van der Waals surface area contributed by atoms with Crippen LogP contribution < -0.4 is 21.5 Å². The van der Waals surface area contributed by atoms with Gasteiger partial charge in [0.05, 0.1) is 12.1 Å². The van der Waals surface area contributed by atoms with Crippen molar-refractivity contribution in [2.45, 2.75) is 25.8 Å². The molecule has 0 aliphatic carbocycles. The number of rotatable bonds is 11. The number of Topliss-reactive ketones (excluding diaryl/α,β-unsaturated/α-hetero) is 1. The van der Waals surface area contributed by atoms with Gasteiger partial charge in [0.2, 0.25) is 11.9 Å². The molecule has 6 rings (SSSR count). The van der Waals surface area contributed by atoms with Crippen molar-refractivity contribution in [3.8, 4) is 5.82 Å². The van der Waals surface area contributed by atoms with Crippen LogP contribution in [0.15, 0.2) is 84.2 Å². The highest BCUT2D eigenvalue weighted by molar-refractivity contribution is 5.95. The van der Waals surface area contributed by atoms with Crippen LogP contribution in [0.25, 0.3) is 5.82 Å². The van der Waals surface area contributed by atoms with Crippen LogP contribution in [0.2, 0.25) is 0 Å². The number of piperazine rings is 1. The molecule has 0 spiro atoms. The lowest BCUT2D eigenvalue weighted by Gasteiger charge is -2.34. The van der Waals surface area contributed by atoms with Crippen molar-refractivity contribution in [1.82, 2.24) is 39.2 Å². The van der Waals surface area contributed by atoms with Crippen molar-refractivity contribution < 1.29 is 4.79 Å². The SMILES string of the molecule is CN1CCN(c2ccc(Nc3nc(N)n(-c4ccnc(CCCC(=O)c5cccn(Cc6cccnc6)c5=O)n4)n3)cc2)CC1. The summed E-state index contributed by atoms with van der Waals surface area (Å²) in [5, 5.41) is 7.71. The van der Waals surface area contributed by atoms with Gasteiger partial charge in [-0.1, -0.05) is 6.07 Å². The number of anilines is 4. The largest absolute Gasteiger partial charge is 0.369 e. The predicted octanol–water partition coefficient (Wildman–Crippen LogP) is 2.95. The number of pyridine rings is 2. The summed E-state index contributed by atoms with van der Waals surface area (Å²) in [4.78, 5) is 48.0. The summed E-state index contributed by atoms with van der Waals surface area (Å²) in [5.74, 6) is 1.31. The molecule has 1 aliphatic rings. The number of ketones is 1. The first kappa shape index (κ1) is 29.6. The van der Waals surface area contributed by atoms with Crippen molar-refractivity contribution in [3.63, 3.8) is 0 Å². The molecule has 0 amide bonds. The van der Waals surface area contributed by atoms with Crippen LogP contribution in [-0.4, -0.2) is 78.2 Å². The van der Waals surface area contributed by atoms with E-state index in [-0.39, 0.29) is 29.3 Å². The number of hydrogen-bond acceptors (Lipinski definition) is 11. The molecule has 5 aromatic rings. The number of likely N-dealkylation sites (N-methyl/N-ethyl adjacent to an activating group) is 1. The van der Waals surface area contributed by atoms with Gasteiger partial charge in [0.1, 0.15) is 5.82 Å². The fourth-order valence-electron chi connectivity index (χ4n) is 5.23. The molecule has 0 unspecified atom stereocenters. The molecule has 4 aromatic heterocycles. The molecule has 13 nitrogen and oxygen atoms in total. The van der Waals surface area contributed by atoms with Crippen molar-refractivity contribution >= 4 is 29.1 Å². The predicted molar refractivity (Wildman–Crippen MR) is 172 cm³/mol. The summed E-state index contributed by atoms with van der Waals surface area (Å²) in [6.07, 6.45) is 7.78. The molecule has 1 fully saturated rings. The van der Waals surface area contributed by atoms with Gasteiger partial charge in [-0.3, -0.25) is 14.6 Å². The number of aryl methyl sites for hydroxylation is 1. The van der Waals surface area contributed by atoms with Crippen LogP contribution >= 0.6 is 0 Å². The highest BCUT2D eigenvalue weighted by Crippen LogP contribution is 2.22. The van der Waals surface area contributed by atoms with E-state index < -0.39 is 0 Å². The van der Waals surface area contributed by atoms with Crippen molar-refractivity contribution in [1.29, 1.82) is 0 Å². The molecule has 5 heterocycles. The fourth-order valence-corrected chi connectivity index (χ4v) is 5.23. The molecule has 0 radical (unpaired) electrons. The molecule has 13 heteroatoms. The van der Waals surface area contributed by atoms with Gasteiger partial charge in [-0.05, 0) is 61.5 Å². The number of nitrogens with zero attached hydrogens (tertiary/aromatic N) is 9. The minimum atomic E-state index is -0.318. The van der Waals surface area contributed by atoms with Gasteiger partial charge >= 0.3 is 0 Å². The molecule has 230 valence electrons. The third kappa shape index (κ3) is 7.21. The molecule has 1 aromatic carbocycles. The van der Waals surface area contributed by atoms with Gasteiger partial charge in [0, 0.05) is 81.2 Å². The van der Waals surface area contributed by atoms with Gasteiger partial charge in [-0.2, -0.15) is 9.67 Å². The summed E-state index contributed by atoms with van der Waals surface area (Å²) in [5.41, 5.74) is 8.95.